The molecule has 0 spiro atoms. The van der Waals surface area contributed by atoms with E-state index in [1.165, 1.54) is 41.0 Å². The molecule has 2 aliphatic rings. The topological polar surface area (TPSA) is 77.8 Å². The predicted molar refractivity (Wildman–Crippen MR) is 146 cm³/mol. The second-order valence-corrected chi connectivity index (χ2v) is 9.47. The van der Waals surface area contributed by atoms with Gasteiger partial charge < -0.3 is 15.5 Å². The molecule has 10 heteroatoms. The SMILES string of the molecule is [2H]C1([2H])NC([2H])(C)C([2H])([2H])N(Cc2ccc(C(=O)Nc3cnn4ccc(N5CCC[C@@H]5c5cc(F)ccc5F)nc34)cc2)C1([2H])[2H]. The number of carbonyl (C=O) groups is 1. The van der Waals surface area contributed by atoms with Crippen molar-refractivity contribution in [2.75, 3.05) is 36.3 Å². The van der Waals surface area contributed by atoms with Crippen molar-refractivity contribution < 1.29 is 23.2 Å². The Kier molecular flexibility index (Phi) is 5.05. The molecule has 39 heavy (non-hydrogen) atoms. The first-order valence-electron chi connectivity index (χ1n) is 16.1. The van der Waals surface area contributed by atoms with E-state index in [4.69, 9.17) is 9.60 Å². The average molecular weight is 539 g/mol. The van der Waals surface area contributed by atoms with Crippen LogP contribution in [0.4, 0.5) is 20.3 Å². The van der Waals surface area contributed by atoms with Crippen LogP contribution in [-0.2, 0) is 6.54 Å². The second kappa shape index (κ2) is 10.7. The van der Waals surface area contributed by atoms with Crippen LogP contribution >= 0.6 is 0 Å². The van der Waals surface area contributed by atoms with Gasteiger partial charge in [0.2, 0.25) is 0 Å². The van der Waals surface area contributed by atoms with Gasteiger partial charge in [-0.2, -0.15) is 5.10 Å². The number of amides is 1. The second-order valence-electron chi connectivity index (χ2n) is 9.47. The Bertz CT molecular complexity index is 1780. The maximum absolute atomic E-state index is 14.6. The summed E-state index contributed by atoms with van der Waals surface area (Å²) in [7, 11) is 0. The van der Waals surface area contributed by atoms with Crippen LogP contribution < -0.4 is 15.5 Å². The number of hydrogen-bond acceptors (Lipinski definition) is 6. The third-order valence-electron chi connectivity index (χ3n) is 6.77. The molecule has 2 saturated heterocycles. The number of anilines is 2. The number of aromatic nitrogens is 3. The van der Waals surface area contributed by atoms with Crippen LogP contribution in [0.15, 0.2) is 60.9 Å². The maximum atomic E-state index is 14.6. The third kappa shape index (κ3) is 5.35. The Balaban J connectivity index is 1.20. The van der Waals surface area contributed by atoms with Gasteiger partial charge in [-0.05, 0) is 61.7 Å². The van der Waals surface area contributed by atoms with Crippen molar-refractivity contribution >= 4 is 23.1 Å². The minimum Gasteiger partial charge on any atom is -0.349 e. The summed E-state index contributed by atoms with van der Waals surface area (Å²) in [5, 5.41) is 9.16. The molecular weight excluding hydrogens is 500 g/mol. The van der Waals surface area contributed by atoms with Crippen molar-refractivity contribution in [2.24, 2.45) is 0 Å². The normalized spacial score (nSPS) is 28.4. The molecule has 4 heterocycles. The van der Waals surface area contributed by atoms with E-state index in [1.54, 1.807) is 12.3 Å². The summed E-state index contributed by atoms with van der Waals surface area (Å²) in [5.41, 5.74) is 1.52. The molecule has 2 aromatic heterocycles. The minimum absolute atomic E-state index is 0.229. The molecule has 2 aliphatic heterocycles. The number of fused-ring (bicyclic) bond motifs is 1. The van der Waals surface area contributed by atoms with Gasteiger partial charge in [-0.3, -0.25) is 9.69 Å². The summed E-state index contributed by atoms with van der Waals surface area (Å²) in [6, 6.07) is 8.50. The van der Waals surface area contributed by atoms with Crippen molar-refractivity contribution in [3.8, 4) is 0 Å². The Morgan fingerprint density at radius 1 is 1.23 bits per heavy atom. The number of benzene rings is 2. The van der Waals surface area contributed by atoms with E-state index in [0.717, 1.165) is 25.5 Å². The van der Waals surface area contributed by atoms with E-state index in [1.807, 2.05) is 4.90 Å². The number of halogens is 2. The Morgan fingerprint density at radius 3 is 2.92 bits per heavy atom. The smallest absolute Gasteiger partial charge is 0.255 e. The Morgan fingerprint density at radius 2 is 2.08 bits per heavy atom. The van der Waals surface area contributed by atoms with Crippen LogP contribution in [0.25, 0.3) is 5.65 Å². The van der Waals surface area contributed by atoms with Crippen molar-refractivity contribution in [3.63, 3.8) is 0 Å². The highest BCUT2D eigenvalue weighted by molar-refractivity contribution is 6.06. The fraction of sp³-hybridized carbons (Fsp3) is 0.345. The summed E-state index contributed by atoms with van der Waals surface area (Å²) in [6.45, 7) is -6.75. The molecule has 8 nitrogen and oxygen atoms in total. The van der Waals surface area contributed by atoms with Crippen LogP contribution in [0.5, 0.6) is 0 Å². The number of piperazine rings is 1. The third-order valence-corrected chi connectivity index (χ3v) is 6.77. The Labute approximate surface area is 235 Å². The van der Waals surface area contributed by atoms with E-state index >= 15 is 0 Å². The lowest BCUT2D eigenvalue weighted by molar-refractivity contribution is 0.102. The van der Waals surface area contributed by atoms with Gasteiger partial charge in [-0.25, -0.2) is 18.3 Å². The van der Waals surface area contributed by atoms with Crippen LogP contribution in [0.1, 0.15) is 56.9 Å². The number of rotatable bonds is 6. The van der Waals surface area contributed by atoms with Crippen molar-refractivity contribution in [1.29, 1.82) is 0 Å². The largest absolute Gasteiger partial charge is 0.349 e. The van der Waals surface area contributed by atoms with E-state index in [-0.39, 0.29) is 17.7 Å². The molecule has 0 radical (unpaired) electrons. The van der Waals surface area contributed by atoms with Crippen LogP contribution in [0, 0.1) is 11.6 Å². The molecule has 2 atom stereocenters. The van der Waals surface area contributed by atoms with Crippen molar-refractivity contribution in [1.82, 2.24) is 24.8 Å². The fourth-order valence-corrected chi connectivity index (χ4v) is 4.91. The molecule has 0 aliphatic carbocycles. The standard InChI is InChI=1S/C29H31F2N7O/c1-19-17-36(14-11-32-19)18-20-4-6-21(7-5-20)29(39)34-25-16-33-38-13-10-27(35-28(25)38)37-12-2-3-26(37)23-15-22(30)8-9-24(23)31/h4-10,13,15-16,19,26,32H,2-3,11-12,14,17-18H2,1H3,(H,34,39)/t19?,26-/m1/s1/i11D2,14D2,17D2,19D. The molecule has 202 valence electrons. The summed E-state index contributed by atoms with van der Waals surface area (Å²) in [6.07, 6.45) is 4.47. The zero-order valence-electron chi connectivity index (χ0n) is 28.1. The number of nitrogens with one attached hydrogen (secondary N) is 2. The lowest BCUT2D eigenvalue weighted by Crippen LogP contribution is -2.48. The highest BCUT2D eigenvalue weighted by Gasteiger charge is 2.30. The maximum Gasteiger partial charge on any atom is 0.255 e. The molecule has 1 amide bonds. The van der Waals surface area contributed by atoms with E-state index in [2.05, 4.69) is 20.7 Å². The molecular formula is C29H31F2N7O. The molecule has 2 aromatic carbocycles. The monoisotopic (exact) mass is 538 g/mol. The van der Waals surface area contributed by atoms with E-state index in [9.17, 15) is 13.6 Å². The molecule has 4 aromatic rings. The minimum atomic E-state index is -2.80. The first-order valence-corrected chi connectivity index (χ1v) is 12.6. The van der Waals surface area contributed by atoms with Gasteiger partial charge in [-0.15, -0.1) is 0 Å². The number of hydrogen-bond donors (Lipinski definition) is 2. The van der Waals surface area contributed by atoms with Gasteiger partial charge in [0.25, 0.3) is 5.91 Å². The van der Waals surface area contributed by atoms with Crippen molar-refractivity contribution in [3.05, 3.63) is 89.2 Å². The molecule has 0 saturated carbocycles. The quantitative estimate of drug-likeness (QED) is 0.379. The van der Waals surface area contributed by atoms with Gasteiger partial charge in [0, 0.05) is 65.5 Å². The Hall–Kier alpha value is -3.89. The number of nitrogens with zero attached hydrogens (tertiary/aromatic N) is 5. The van der Waals surface area contributed by atoms with Gasteiger partial charge in [-0.1, -0.05) is 12.1 Å². The van der Waals surface area contributed by atoms with Crippen LogP contribution in [-0.4, -0.2) is 57.5 Å². The molecule has 6 rings (SSSR count). The first kappa shape index (κ1) is 18.4. The predicted octanol–water partition coefficient (Wildman–Crippen LogP) is 4.40. The molecule has 2 N–H and O–H groups in total. The van der Waals surface area contributed by atoms with Gasteiger partial charge in [0.15, 0.2) is 5.65 Å². The van der Waals surface area contributed by atoms with Crippen LogP contribution in [0.2, 0.25) is 0 Å². The average Bonchev–Trinajstić information content (AvgIpc) is 3.63. The van der Waals surface area contributed by atoms with E-state index < -0.39 is 49.1 Å². The summed E-state index contributed by atoms with van der Waals surface area (Å²) < 4.78 is 88.0. The zero-order chi connectivity index (χ0) is 33.2. The summed E-state index contributed by atoms with van der Waals surface area (Å²) >= 11 is 0. The summed E-state index contributed by atoms with van der Waals surface area (Å²) in [5.74, 6) is -1.01. The van der Waals surface area contributed by atoms with Crippen LogP contribution in [0.3, 0.4) is 0 Å². The lowest BCUT2D eigenvalue weighted by atomic mass is 10.0. The number of carbonyl (C=O) groups excluding carboxylic acids is 1. The van der Waals surface area contributed by atoms with Gasteiger partial charge in [0.1, 0.15) is 23.1 Å². The fourth-order valence-electron chi connectivity index (χ4n) is 4.91. The molecule has 1 unspecified atom stereocenters. The first-order chi connectivity index (χ1) is 21.5. The molecule has 2 fully saturated rings. The lowest BCUT2D eigenvalue weighted by Gasteiger charge is -2.31. The van der Waals surface area contributed by atoms with E-state index in [0.29, 0.717) is 40.6 Å². The van der Waals surface area contributed by atoms with Gasteiger partial charge >= 0.3 is 0 Å². The van der Waals surface area contributed by atoms with Crippen molar-refractivity contribution in [2.45, 2.75) is 38.4 Å². The highest BCUT2D eigenvalue weighted by atomic mass is 19.1. The molecule has 0 bridgehead atoms. The summed E-state index contributed by atoms with van der Waals surface area (Å²) in [4.78, 5) is 20.5. The highest BCUT2D eigenvalue weighted by Crippen LogP contribution is 2.37. The zero-order valence-corrected chi connectivity index (χ0v) is 21.1. The van der Waals surface area contributed by atoms with Gasteiger partial charge in [0.05, 0.1) is 12.2 Å².